The van der Waals surface area contributed by atoms with Crippen molar-refractivity contribution >= 4 is 38.8 Å². The third-order valence-electron chi connectivity index (χ3n) is 0.871. The topological polar surface area (TPSA) is 54.4 Å². The molecule has 0 aromatic rings. The number of alkyl halides is 1. The summed E-state index contributed by atoms with van der Waals surface area (Å²) in [4.78, 5) is 20.8. The Morgan fingerprint density at radius 2 is 2.09 bits per heavy atom. The van der Waals surface area contributed by atoms with Crippen molar-refractivity contribution in [1.29, 1.82) is 0 Å². The Morgan fingerprint density at radius 3 is 2.55 bits per heavy atom. The van der Waals surface area contributed by atoms with Crippen LogP contribution in [0.5, 0.6) is 0 Å². The van der Waals surface area contributed by atoms with E-state index in [1.165, 1.54) is 0 Å². The monoisotopic (exact) mass is 240 g/mol. The molecule has 0 saturated carbocycles. The molecule has 64 valence electrons. The largest absolute Gasteiger partial charge is 0.481 e. The van der Waals surface area contributed by atoms with Crippen LogP contribution in [-0.2, 0) is 9.59 Å². The van der Waals surface area contributed by atoms with Crippen LogP contribution in [0, 0.1) is 0 Å². The number of rotatable bonds is 5. The van der Waals surface area contributed by atoms with Gasteiger partial charge in [-0.1, -0.05) is 27.7 Å². The van der Waals surface area contributed by atoms with Gasteiger partial charge in [-0.05, 0) is 6.42 Å². The maximum atomic E-state index is 10.8. The van der Waals surface area contributed by atoms with Crippen LogP contribution in [-0.4, -0.2) is 27.3 Å². The molecule has 0 unspecified atom stereocenters. The summed E-state index contributed by atoms with van der Waals surface area (Å²) in [6.07, 6.45) is 1.22. The highest BCUT2D eigenvalue weighted by molar-refractivity contribution is 9.09. The lowest BCUT2D eigenvalue weighted by Gasteiger charge is -1.94. The highest BCUT2D eigenvalue weighted by Crippen LogP contribution is 2.07. The van der Waals surface area contributed by atoms with E-state index in [4.69, 9.17) is 5.11 Å². The highest BCUT2D eigenvalue weighted by Gasteiger charge is 2.04. The third-order valence-corrected chi connectivity index (χ3v) is 2.35. The lowest BCUT2D eigenvalue weighted by Crippen LogP contribution is -2.02. The van der Waals surface area contributed by atoms with Gasteiger partial charge in [0.25, 0.3) is 0 Å². The molecule has 0 fully saturated rings. The van der Waals surface area contributed by atoms with Crippen LogP contribution in [0.4, 0.5) is 0 Å². The molecule has 0 aliphatic rings. The summed E-state index contributed by atoms with van der Waals surface area (Å²) in [7, 11) is 0. The van der Waals surface area contributed by atoms with E-state index in [1.807, 2.05) is 0 Å². The van der Waals surface area contributed by atoms with Crippen LogP contribution in [0.2, 0.25) is 0 Å². The Balaban J connectivity index is 3.30. The number of halogens is 1. The molecule has 0 aromatic carbocycles. The van der Waals surface area contributed by atoms with Gasteiger partial charge in [-0.25, -0.2) is 0 Å². The van der Waals surface area contributed by atoms with Crippen LogP contribution in [0.25, 0.3) is 0 Å². The van der Waals surface area contributed by atoms with Crippen LogP contribution < -0.4 is 0 Å². The second kappa shape index (κ2) is 6.67. The molecule has 0 atom stereocenters. The second-order valence-electron chi connectivity index (χ2n) is 1.85. The van der Waals surface area contributed by atoms with E-state index >= 15 is 0 Å². The van der Waals surface area contributed by atoms with Crippen LogP contribution >= 0.6 is 27.7 Å². The van der Waals surface area contributed by atoms with Crippen molar-refractivity contribution in [2.24, 2.45) is 0 Å². The predicted molar refractivity (Wildman–Crippen MR) is 48.1 cm³/mol. The van der Waals surface area contributed by atoms with Gasteiger partial charge in [0.05, 0.1) is 5.75 Å². The highest BCUT2D eigenvalue weighted by atomic mass is 79.9. The zero-order valence-corrected chi connectivity index (χ0v) is 8.28. The van der Waals surface area contributed by atoms with Crippen LogP contribution in [0.1, 0.15) is 12.8 Å². The smallest absolute Gasteiger partial charge is 0.313 e. The quantitative estimate of drug-likeness (QED) is 0.741. The van der Waals surface area contributed by atoms with Crippen LogP contribution in [0.15, 0.2) is 0 Å². The van der Waals surface area contributed by atoms with Crippen molar-refractivity contribution in [2.45, 2.75) is 12.8 Å². The van der Waals surface area contributed by atoms with Gasteiger partial charge in [0.2, 0.25) is 0 Å². The summed E-state index contributed by atoms with van der Waals surface area (Å²) >= 11 is 4.05. The van der Waals surface area contributed by atoms with Crippen molar-refractivity contribution in [1.82, 2.24) is 0 Å². The Hall–Kier alpha value is -0.0300. The van der Waals surface area contributed by atoms with Gasteiger partial charge < -0.3 is 5.11 Å². The van der Waals surface area contributed by atoms with E-state index in [2.05, 4.69) is 15.9 Å². The zero-order valence-electron chi connectivity index (χ0n) is 5.88. The lowest BCUT2D eigenvalue weighted by molar-refractivity contribution is -0.134. The molecule has 11 heavy (non-hydrogen) atoms. The molecule has 0 spiro atoms. The van der Waals surface area contributed by atoms with Gasteiger partial charge in [-0.3, -0.25) is 9.59 Å². The average Bonchev–Trinajstić information content (AvgIpc) is 1.97. The lowest BCUT2D eigenvalue weighted by atomic mass is 10.4. The second-order valence-corrected chi connectivity index (χ2v) is 3.67. The molecular formula is C6H9BrO3S. The molecule has 0 amide bonds. The van der Waals surface area contributed by atoms with Crippen molar-refractivity contribution in [3.8, 4) is 0 Å². The number of thioether (sulfide) groups is 1. The maximum Gasteiger partial charge on any atom is 0.313 e. The maximum absolute atomic E-state index is 10.8. The normalized spacial score (nSPS) is 9.55. The fraction of sp³-hybridized carbons (Fsp3) is 0.667. The third kappa shape index (κ3) is 7.87. The molecule has 5 heteroatoms. The minimum atomic E-state index is -0.942. The Morgan fingerprint density at radius 1 is 1.45 bits per heavy atom. The van der Waals surface area contributed by atoms with Crippen molar-refractivity contribution in [3.05, 3.63) is 0 Å². The van der Waals surface area contributed by atoms with E-state index in [0.717, 1.165) is 23.5 Å². The fourth-order valence-electron chi connectivity index (χ4n) is 0.426. The molecule has 0 bridgehead atoms. The first-order chi connectivity index (χ1) is 5.16. The molecule has 3 nitrogen and oxygen atoms in total. The summed E-state index contributed by atoms with van der Waals surface area (Å²) in [5.41, 5.74) is 0. The van der Waals surface area contributed by atoms with Crippen molar-refractivity contribution in [2.75, 3.05) is 11.1 Å². The zero-order chi connectivity index (χ0) is 8.69. The molecule has 0 heterocycles. The molecule has 0 aliphatic carbocycles. The summed E-state index contributed by atoms with van der Waals surface area (Å²) in [6.45, 7) is 0. The van der Waals surface area contributed by atoms with Crippen LogP contribution in [0.3, 0.4) is 0 Å². The summed E-state index contributed by atoms with van der Waals surface area (Å²) in [5, 5.41) is 8.94. The molecule has 0 radical (unpaired) electrons. The molecule has 1 N–H and O–H groups in total. The molecular weight excluding hydrogens is 232 g/mol. The molecule has 0 aromatic heterocycles. The van der Waals surface area contributed by atoms with Crippen molar-refractivity contribution < 1.29 is 14.7 Å². The first-order valence-electron chi connectivity index (χ1n) is 3.10. The number of hydrogen-bond acceptors (Lipinski definition) is 3. The van der Waals surface area contributed by atoms with Crippen molar-refractivity contribution in [3.63, 3.8) is 0 Å². The van der Waals surface area contributed by atoms with Gasteiger partial charge in [0.15, 0.2) is 5.12 Å². The van der Waals surface area contributed by atoms with Gasteiger partial charge in [0, 0.05) is 11.8 Å². The number of aliphatic carboxylic acids is 1. The number of carboxylic acid groups (broad SMARTS) is 1. The summed E-state index contributed by atoms with van der Waals surface area (Å²) < 4.78 is 0. The molecule has 0 aliphatic heterocycles. The Kier molecular flexibility index (Phi) is 6.65. The molecule has 0 saturated heterocycles. The van der Waals surface area contributed by atoms with Gasteiger partial charge in [0.1, 0.15) is 0 Å². The van der Waals surface area contributed by atoms with E-state index in [1.54, 1.807) is 0 Å². The molecule has 0 rings (SSSR count). The average molecular weight is 241 g/mol. The predicted octanol–water partition coefficient (Wildman–Crippen LogP) is 1.51. The first kappa shape index (κ1) is 11.0. The summed E-state index contributed by atoms with van der Waals surface area (Å²) in [6, 6.07) is 0. The van der Waals surface area contributed by atoms with E-state index < -0.39 is 5.97 Å². The first-order valence-corrected chi connectivity index (χ1v) is 5.21. The Labute approximate surface area is 77.7 Å². The minimum absolute atomic E-state index is 0.0492. The number of hydrogen-bond donors (Lipinski definition) is 1. The van der Waals surface area contributed by atoms with Gasteiger partial charge in [-0.15, -0.1) is 0 Å². The number of carboxylic acids is 1. The fourth-order valence-corrected chi connectivity index (χ4v) is 1.28. The Bertz CT molecular complexity index is 149. The van der Waals surface area contributed by atoms with Gasteiger partial charge in [-0.2, -0.15) is 0 Å². The number of carbonyl (C=O) groups is 2. The minimum Gasteiger partial charge on any atom is -0.481 e. The van der Waals surface area contributed by atoms with E-state index in [9.17, 15) is 9.59 Å². The van der Waals surface area contributed by atoms with E-state index in [0.29, 0.717) is 6.42 Å². The summed E-state index contributed by atoms with van der Waals surface area (Å²) in [5.74, 6) is -1.07. The van der Waals surface area contributed by atoms with E-state index in [-0.39, 0.29) is 10.9 Å². The standard InChI is InChI=1S/C6H9BrO3S/c7-3-1-2-6(10)11-4-5(8)9/h1-4H2,(H,8,9). The van der Waals surface area contributed by atoms with Gasteiger partial charge >= 0.3 is 5.97 Å². The SMILES string of the molecule is O=C(O)CSC(=O)CCCBr. The number of carbonyl (C=O) groups excluding carboxylic acids is 1.